The van der Waals surface area contributed by atoms with Crippen LogP contribution in [0.25, 0.3) is 0 Å². The van der Waals surface area contributed by atoms with Crippen LogP contribution in [0.5, 0.6) is 0 Å². The molecule has 0 saturated carbocycles. The number of fused-ring (bicyclic) bond motifs is 1. The summed E-state index contributed by atoms with van der Waals surface area (Å²) in [6.45, 7) is 7.22. The van der Waals surface area contributed by atoms with Gasteiger partial charge in [0, 0.05) is 31.5 Å². The molecule has 0 atom stereocenters. The highest BCUT2D eigenvalue weighted by Gasteiger charge is 2.29. The highest BCUT2D eigenvalue weighted by atomic mass is 16.5. The number of morpholine rings is 1. The number of carbonyl (C=O) groups is 1. The number of anilines is 2. The molecule has 0 spiro atoms. The third kappa shape index (κ3) is 3.12. The lowest BCUT2D eigenvalue weighted by Crippen LogP contribution is -2.48. The van der Waals surface area contributed by atoms with Crippen molar-refractivity contribution in [3.8, 4) is 0 Å². The lowest BCUT2D eigenvalue weighted by Gasteiger charge is -2.38. The van der Waals surface area contributed by atoms with Crippen molar-refractivity contribution in [2.45, 2.75) is 25.9 Å². The van der Waals surface area contributed by atoms with Crippen LogP contribution in [0.15, 0.2) is 42.6 Å². The molecule has 5 heteroatoms. The van der Waals surface area contributed by atoms with Gasteiger partial charge in [0.2, 0.25) is 0 Å². The molecule has 3 heterocycles. The highest BCUT2D eigenvalue weighted by Crippen LogP contribution is 2.29. The number of hydrogen-bond acceptors (Lipinski definition) is 4. The van der Waals surface area contributed by atoms with Gasteiger partial charge in [-0.25, -0.2) is 4.98 Å². The lowest BCUT2D eigenvalue weighted by atomic mass is 10.1. The first-order valence-electron chi connectivity index (χ1n) is 8.78. The molecule has 2 aromatic rings. The van der Waals surface area contributed by atoms with E-state index in [0.29, 0.717) is 12.2 Å². The van der Waals surface area contributed by atoms with Crippen molar-refractivity contribution in [3.63, 3.8) is 0 Å². The summed E-state index contributed by atoms with van der Waals surface area (Å²) in [5.41, 5.74) is 2.71. The Balaban J connectivity index is 1.52. The summed E-state index contributed by atoms with van der Waals surface area (Å²) in [4.78, 5) is 21.5. The Labute approximate surface area is 148 Å². The Morgan fingerprint density at radius 3 is 2.76 bits per heavy atom. The predicted molar refractivity (Wildman–Crippen MR) is 98.3 cm³/mol. The van der Waals surface area contributed by atoms with E-state index >= 15 is 0 Å². The maximum atomic E-state index is 12.9. The van der Waals surface area contributed by atoms with Crippen molar-refractivity contribution in [1.29, 1.82) is 0 Å². The van der Waals surface area contributed by atoms with Gasteiger partial charge < -0.3 is 14.5 Å². The second kappa shape index (κ2) is 6.15. The molecule has 5 nitrogen and oxygen atoms in total. The zero-order valence-electron chi connectivity index (χ0n) is 14.7. The summed E-state index contributed by atoms with van der Waals surface area (Å²) >= 11 is 0. The molecule has 0 unspecified atom stereocenters. The molecule has 2 aliphatic rings. The molecule has 1 aromatic carbocycles. The zero-order valence-corrected chi connectivity index (χ0v) is 14.7. The first-order valence-corrected chi connectivity index (χ1v) is 8.78. The van der Waals surface area contributed by atoms with E-state index in [1.807, 2.05) is 35.2 Å². The highest BCUT2D eigenvalue weighted by molar-refractivity contribution is 6.07. The number of carbonyl (C=O) groups excluding carboxylic acids is 1. The van der Waals surface area contributed by atoms with E-state index in [-0.39, 0.29) is 11.5 Å². The van der Waals surface area contributed by atoms with Crippen LogP contribution in [0.4, 0.5) is 11.5 Å². The molecule has 130 valence electrons. The minimum atomic E-state index is -0.173. The number of aromatic nitrogens is 1. The molecule has 1 amide bonds. The van der Waals surface area contributed by atoms with Crippen molar-refractivity contribution < 1.29 is 9.53 Å². The Hall–Kier alpha value is -2.40. The van der Waals surface area contributed by atoms with Crippen LogP contribution in [-0.2, 0) is 11.2 Å². The van der Waals surface area contributed by atoms with Crippen LogP contribution in [0, 0.1) is 0 Å². The van der Waals surface area contributed by atoms with Crippen molar-refractivity contribution in [1.82, 2.24) is 4.98 Å². The quantitative estimate of drug-likeness (QED) is 0.845. The molecular weight excluding hydrogens is 314 g/mol. The molecule has 4 rings (SSSR count). The van der Waals surface area contributed by atoms with E-state index < -0.39 is 0 Å². The van der Waals surface area contributed by atoms with E-state index in [0.717, 1.165) is 37.6 Å². The van der Waals surface area contributed by atoms with Gasteiger partial charge in [-0.1, -0.05) is 18.2 Å². The van der Waals surface area contributed by atoms with E-state index in [2.05, 4.69) is 29.8 Å². The summed E-state index contributed by atoms with van der Waals surface area (Å²) < 4.78 is 5.75. The number of ether oxygens (including phenoxy) is 1. The Bertz CT molecular complexity index is 786. The fourth-order valence-corrected chi connectivity index (χ4v) is 3.62. The Kier molecular flexibility index (Phi) is 3.96. The van der Waals surface area contributed by atoms with Crippen LogP contribution < -0.4 is 9.80 Å². The fourth-order valence-electron chi connectivity index (χ4n) is 3.62. The maximum absolute atomic E-state index is 12.9. The summed E-state index contributed by atoms with van der Waals surface area (Å²) in [5, 5.41) is 0. The molecule has 25 heavy (non-hydrogen) atoms. The SMILES string of the molecule is CC1(C)CN(c2ccc(C(=O)N3CCc4ccccc43)cn2)CCO1. The van der Waals surface area contributed by atoms with Crippen LogP contribution in [-0.4, -0.2) is 42.7 Å². The monoisotopic (exact) mass is 337 g/mol. The van der Waals surface area contributed by atoms with Crippen LogP contribution in [0.3, 0.4) is 0 Å². The van der Waals surface area contributed by atoms with Gasteiger partial charge >= 0.3 is 0 Å². The smallest absolute Gasteiger partial charge is 0.259 e. The van der Waals surface area contributed by atoms with E-state index in [4.69, 9.17) is 4.74 Å². The second-order valence-electron chi connectivity index (χ2n) is 7.27. The van der Waals surface area contributed by atoms with E-state index in [1.165, 1.54) is 5.56 Å². The number of pyridine rings is 1. The first kappa shape index (κ1) is 16.1. The van der Waals surface area contributed by atoms with Crippen molar-refractivity contribution in [3.05, 3.63) is 53.7 Å². The number of para-hydroxylation sites is 1. The molecule has 1 fully saturated rings. The van der Waals surface area contributed by atoms with E-state index in [1.54, 1.807) is 6.20 Å². The van der Waals surface area contributed by atoms with Crippen molar-refractivity contribution in [2.75, 3.05) is 36.0 Å². The molecule has 2 aliphatic heterocycles. The Morgan fingerprint density at radius 2 is 2.00 bits per heavy atom. The van der Waals surface area contributed by atoms with Crippen LogP contribution in [0.2, 0.25) is 0 Å². The number of amides is 1. The molecular formula is C20H23N3O2. The minimum absolute atomic E-state index is 0.0197. The van der Waals surface area contributed by atoms with Gasteiger partial charge in [0.15, 0.2) is 0 Å². The van der Waals surface area contributed by atoms with Crippen LogP contribution >= 0.6 is 0 Å². The largest absolute Gasteiger partial charge is 0.372 e. The summed E-state index contributed by atoms with van der Waals surface area (Å²) in [7, 11) is 0. The number of nitrogens with zero attached hydrogens (tertiary/aromatic N) is 3. The average Bonchev–Trinajstić information content (AvgIpc) is 3.04. The predicted octanol–water partition coefficient (Wildman–Crippen LogP) is 2.90. The Morgan fingerprint density at radius 1 is 1.16 bits per heavy atom. The van der Waals surface area contributed by atoms with E-state index in [9.17, 15) is 4.79 Å². The molecule has 1 saturated heterocycles. The van der Waals surface area contributed by atoms with Gasteiger partial charge in [-0.2, -0.15) is 0 Å². The number of benzene rings is 1. The summed E-state index contributed by atoms with van der Waals surface area (Å²) in [5.74, 6) is 0.918. The minimum Gasteiger partial charge on any atom is -0.372 e. The third-order valence-corrected chi connectivity index (χ3v) is 4.88. The first-order chi connectivity index (χ1) is 12.0. The standard InChI is InChI=1S/C20H23N3O2/c1-20(2)14-22(11-12-25-20)18-8-7-16(13-21-18)19(24)23-10-9-15-5-3-4-6-17(15)23/h3-8,13H,9-12,14H2,1-2H3. The molecule has 0 N–H and O–H groups in total. The third-order valence-electron chi connectivity index (χ3n) is 4.88. The van der Waals surface area contributed by atoms with Crippen LogP contribution in [0.1, 0.15) is 29.8 Å². The topological polar surface area (TPSA) is 45.7 Å². The van der Waals surface area contributed by atoms with Crippen molar-refractivity contribution in [2.24, 2.45) is 0 Å². The number of hydrogen-bond donors (Lipinski definition) is 0. The number of rotatable bonds is 2. The van der Waals surface area contributed by atoms with Gasteiger partial charge in [-0.05, 0) is 44.0 Å². The maximum Gasteiger partial charge on any atom is 0.259 e. The van der Waals surface area contributed by atoms with Gasteiger partial charge in [-0.15, -0.1) is 0 Å². The summed E-state index contributed by atoms with van der Waals surface area (Å²) in [6.07, 6.45) is 2.61. The van der Waals surface area contributed by atoms with Gasteiger partial charge in [0.05, 0.1) is 17.8 Å². The molecule has 0 aliphatic carbocycles. The summed E-state index contributed by atoms with van der Waals surface area (Å²) in [6, 6.07) is 11.9. The zero-order chi connectivity index (χ0) is 17.4. The normalized spacial score (nSPS) is 19.0. The second-order valence-corrected chi connectivity index (χ2v) is 7.27. The lowest BCUT2D eigenvalue weighted by molar-refractivity contribution is -0.0279. The molecule has 0 radical (unpaired) electrons. The van der Waals surface area contributed by atoms with Gasteiger partial charge in [0.1, 0.15) is 5.82 Å². The average molecular weight is 337 g/mol. The van der Waals surface area contributed by atoms with Gasteiger partial charge in [0.25, 0.3) is 5.91 Å². The molecule has 0 bridgehead atoms. The molecule has 1 aromatic heterocycles. The fraction of sp³-hybridized carbons (Fsp3) is 0.400. The van der Waals surface area contributed by atoms with Crippen molar-refractivity contribution >= 4 is 17.4 Å². The van der Waals surface area contributed by atoms with Gasteiger partial charge in [-0.3, -0.25) is 4.79 Å².